The summed E-state index contributed by atoms with van der Waals surface area (Å²) < 4.78 is 42.9. The summed E-state index contributed by atoms with van der Waals surface area (Å²) >= 11 is 0. The maximum absolute atomic E-state index is 12.6. The average molecular weight is 469 g/mol. The van der Waals surface area contributed by atoms with Gasteiger partial charge in [0, 0.05) is 16.6 Å². The van der Waals surface area contributed by atoms with Crippen molar-refractivity contribution in [3.63, 3.8) is 0 Å². The molecule has 2 heterocycles. The molecule has 0 radical (unpaired) electrons. The number of sulfonamides is 1. The van der Waals surface area contributed by atoms with Crippen molar-refractivity contribution in [2.45, 2.75) is 18.7 Å². The number of hydrogen-bond donors (Lipinski definition) is 2. The van der Waals surface area contributed by atoms with Crippen molar-refractivity contribution < 1.29 is 26.9 Å². The van der Waals surface area contributed by atoms with Crippen LogP contribution in [-0.4, -0.2) is 26.6 Å². The number of hydrogen-bond acceptors (Lipinski definition) is 8. The number of aromatic nitrogens is 1. The number of nitrogens with one attached hydrogen (secondary N) is 2. The van der Waals surface area contributed by atoms with Crippen molar-refractivity contribution in [1.82, 2.24) is 5.16 Å². The van der Waals surface area contributed by atoms with Crippen LogP contribution in [0.4, 0.5) is 11.6 Å². The maximum Gasteiger partial charge on any atom is 0.349 e. The van der Waals surface area contributed by atoms with Gasteiger partial charge in [-0.2, -0.15) is 0 Å². The Morgan fingerprint density at radius 3 is 2.42 bits per heavy atom. The van der Waals surface area contributed by atoms with E-state index in [9.17, 15) is 18.0 Å². The van der Waals surface area contributed by atoms with Crippen LogP contribution in [0.5, 0.6) is 5.75 Å². The number of carbonyl (C=O) groups is 1. The molecule has 0 bridgehead atoms. The number of ether oxygens (including phenoxy) is 1. The SMILES string of the molecule is COc1ccc2oc(=O)c(C(=O)Nc3ccc(S(=O)(=O)Nc4onc(C)c4C)cc3)cc2c1. The smallest absolute Gasteiger partial charge is 0.349 e. The first kappa shape index (κ1) is 22.1. The van der Waals surface area contributed by atoms with Gasteiger partial charge in [0.2, 0.25) is 5.88 Å². The predicted octanol–water partition coefficient (Wildman–Crippen LogP) is 3.46. The lowest BCUT2D eigenvalue weighted by Gasteiger charge is -2.08. The van der Waals surface area contributed by atoms with Crippen LogP contribution in [0.25, 0.3) is 11.0 Å². The van der Waals surface area contributed by atoms with Gasteiger partial charge in [0.15, 0.2) is 0 Å². The molecule has 1 amide bonds. The molecule has 0 atom stereocenters. The maximum atomic E-state index is 12.6. The Morgan fingerprint density at radius 1 is 1.06 bits per heavy atom. The van der Waals surface area contributed by atoms with Crippen molar-refractivity contribution in [2.24, 2.45) is 0 Å². The average Bonchev–Trinajstić information content (AvgIpc) is 3.10. The molecule has 0 spiro atoms. The first-order valence-electron chi connectivity index (χ1n) is 9.67. The van der Waals surface area contributed by atoms with E-state index in [1.165, 1.54) is 37.4 Å². The molecule has 0 aliphatic heterocycles. The molecule has 170 valence electrons. The first-order valence-corrected chi connectivity index (χ1v) is 11.2. The molecular weight excluding hydrogens is 450 g/mol. The van der Waals surface area contributed by atoms with Crippen LogP contribution in [0.1, 0.15) is 21.6 Å². The second-order valence-corrected chi connectivity index (χ2v) is 8.84. The Hall–Kier alpha value is -4.12. The van der Waals surface area contributed by atoms with E-state index in [2.05, 4.69) is 15.2 Å². The van der Waals surface area contributed by atoms with E-state index in [1.54, 1.807) is 32.0 Å². The highest BCUT2D eigenvalue weighted by molar-refractivity contribution is 7.92. The topological polar surface area (TPSA) is 141 Å². The van der Waals surface area contributed by atoms with Gasteiger partial charge < -0.3 is 19.0 Å². The second-order valence-electron chi connectivity index (χ2n) is 7.16. The fraction of sp³-hybridized carbons (Fsp3) is 0.136. The van der Waals surface area contributed by atoms with Crippen LogP contribution in [0, 0.1) is 13.8 Å². The van der Waals surface area contributed by atoms with Crippen molar-refractivity contribution in [1.29, 1.82) is 0 Å². The summed E-state index contributed by atoms with van der Waals surface area (Å²) in [5.74, 6) is -0.122. The summed E-state index contributed by atoms with van der Waals surface area (Å²) in [6.07, 6.45) is 0. The molecule has 0 unspecified atom stereocenters. The van der Waals surface area contributed by atoms with Crippen LogP contribution in [-0.2, 0) is 10.0 Å². The number of nitrogens with zero attached hydrogens (tertiary/aromatic N) is 1. The lowest BCUT2D eigenvalue weighted by Crippen LogP contribution is -2.20. The van der Waals surface area contributed by atoms with Gasteiger partial charge >= 0.3 is 5.63 Å². The van der Waals surface area contributed by atoms with Crippen molar-refractivity contribution in [2.75, 3.05) is 17.1 Å². The zero-order valence-electron chi connectivity index (χ0n) is 17.8. The third kappa shape index (κ3) is 4.44. The fourth-order valence-corrected chi connectivity index (χ4v) is 4.04. The van der Waals surface area contributed by atoms with E-state index in [-0.39, 0.29) is 22.0 Å². The number of rotatable bonds is 6. The van der Waals surface area contributed by atoms with Gasteiger partial charge in [-0.15, -0.1) is 0 Å². The quantitative estimate of drug-likeness (QED) is 0.409. The molecule has 0 aliphatic rings. The summed E-state index contributed by atoms with van der Waals surface area (Å²) in [6, 6.07) is 11.7. The number of fused-ring (bicyclic) bond motifs is 1. The zero-order valence-corrected chi connectivity index (χ0v) is 18.6. The van der Waals surface area contributed by atoms with E-state index < -0.39 is 21.6 Å². The van der Waals surface area contributed by atoms with Crippen molar-refractivity contribution in [3.05, 3.63) is 75.8 Å². The minimum atomic E-state index is -3.93. The molecule has 33 heavy (non-hydrogen) atoms. The highest BCUT2D eigenvalue weighted by atomic mass is 32.2. The van der Waals surface area contributed by atoms with E-state index >= 15 is 0 Å². The molecule has 10 nitrogen and oxygen atoms in total. The van der Waals surface area contributed by atoms with Gasteiger partial charge in [0.05, 0.1) is 17.7 Å². The summed E-state index contributed by atoms with van der Waals surface area (Å²) in [6.45, 7) is 3.38. The number of aryl methyl sites for hydroxylation is 1. The normalized spacial score (nSPS) is 11.4. The highest BCUT2D eigenvalue weighted by Gasteiger charge is 2.20. The lowest BCUT2D eigenvalue weighted by molar-refractivity contribution is 0.102. The molecule has 11 heteroatoms. The number of carbonyl (C=O) groups excluding carboxylic acids is 1. The summed E-state index contributed by atoms with van der Waals surface area (Å²) in [4.78, 5) is 24.8. The summed E-state index contributed by atoms with van der Waals surface area (Å²) in [5, 5.41) is 6.79. The van der Waals surface area contributed by atoms with Gasteiger partial charge in [-0.25, -0.2) is 17.9 Å². The van der Waals surface area contributed by atoms with Gasteiger partial charge in [-0.3, -0.25) is 4.79 Å². The molecule has 2 aromatic carbocycles. The zero-order chi connectivity index (χ0) is 23.8. The standard InChI is InChI=1S/C22H19N3O7S/c1-12-13(2)24-32-21(12)25-33(28,29)17-7-4-15(5-8-17)23-20(26)18-11-14-10-16(30-3)6-9-19(14)31-22(18)27/h4-11,25H,1-3H3,(H,23,26). The van der Waals surface area contributed by atoms with Gasteiger partial charge in [0.1, 0.15) is 16.9 Å². The Morgan fingerprint density at radius 2 is 1.79 bits per heavy atom. The summed E-state index contributed by atoms with van der Waals surface area (Å²) in [5.41, 5.74) is 0.751. The molecular formula is C22H19N3O7S. The van der Waals surface area contributed by atoms with E-state index in [1.807, 2.05) is 0 Å². The van der Waals surface area contributed by atoms with Gasteiger partial charge in [0.25, 0.3) is 15.9 Å². The van der Waals surface area contributed by atoms with Crippen LogP contribution in [0.3, 0.4) is 0 Å². The Bertz CT molecular complexity index is 1520. The molecule has 0 aliphatic carbocycles. The number of methoxy groups -OCH3 is 1. The summed E-state index contributed by atoms with van der Waals surface area (Å²) in [7, 11) is -2.43. The van der Waals surface area contributed by atoms with Crippen LogP contribution < -0.4 is 20.4 Å². The minimum Gasteiger partial charge on any atom is -0.497 e. The molecule has 0 fully saturated rings. The van der Waals surface area contributed by atoms with Crippen molar-refractivity contribution in [3.8, 4) is 5.75 Å². The van der Waals surface area contributed by atoms with Crippen molar-refractivity contribution >= 4 is 38.5 Å². The first-order chi connectivity index (χ1) is 15.7. The molecule has 0 saturated carbocycles. The Balaban J connectivity index is 1.54. The largest absolute Gasteiger partial charge is 0.497 e. The lowest BCUT2D eigenvalue weighted by atomic mass is 10.1. The number of anilines is 2. The minimum absolute atomic E-state index is 0.0320. The Kier molecular flexibility index (Phi) is 5.64. The molecule has 4 aromatic rings. The third-order valence-corrected chi connectivity index (χ3v) is 6.34. The monoisotopic (exact) mass is 469 g/mol. The van der Waals surface area contributed by atoms with Gasteiger partial charge in [-0.05, 0) is 62.4 Å². The van der Waals surface area contributed by atoms with E-state index in [4.69, 9.17) is 13.7 Å². The number of benzene rings is 2. The Labute approximate surface area is 188 Å². The molecule has 4 rings (SSSR count). The third-order valence-electron chi connectivity index (χ3n) is 4.99. The molecule has 2 N–H and O–H groups in total. The molecule has 0 saturated heterocycles. The van der Waals surface area contributed by atoms with Gasteiger partial charge in [-0.1, -0.05) is 5.16 Å². The van der Waals surface area contributed by atoms with E-state index in [0.717, 1.165) is 0 Å². The van der Waals surface area contributed by atoms with Crippen LogP contribution in [0.15, 0.2) is 67.2 Å². The van der Waals surface area contributed by atoms with E-state index in [0.29, 0.717) is 28.0 Å². The highest BCUT2D eigenvalue weighted by Crippen LogP contribution is 2.23. The predicted molar refractivity (Wildman–Crippen MR) is 120 cm³/mol. The fourth-order valence-electron chi connectivity index (χ4n) is 2.99. The number of amides is 1. The molecule has 2 aromatic heterocycles. The second kappa shape index (κ2) is 8.43. The van der Waals surface area contributed by atoms with Crippen LogP contribution >= 0.6 is 0 Å². The van der Waals surface area contributed by atoms with Crippen LogP contribution in [0.2, 0.25) is 0 Å².